The summed E-state index contributed by atoms with van der Waals surface area (Å²) in [6, 6.07) is 5.34. The first-order valence-corrected chi connectivity index (χ1v) is 7.75. The van der Waals surface area contributed by atoms with Crippen molar-refractivity contribution < 1.29 is 19.8 Å². The topological polar surface area (TPSA) is 102 Å². The van der Waals surface area contributed by atoms with Gasteiger partial charge in [-0.25, -0.2) is 0 Å². The number of carbonyl (C=O) groups excluding carboxylic acids is 2. The van der Waals surface area contributed by atoms with Crippen LogP contribution in [0.4, 0.5) is 0 Å². The SMILES string of the molecule is CC(=O)NCC(O)C(O)c1ccc2[nH]c3c(c2c1)CCCC3=O. The lowest BCUT2D eigenvalue weighted by atomic mass is 9.93. The van der Waals surface area contributed by atoms with Gasteiger partial charge in [-0.05, 0) is 36.1 Å². The molecule has 1 aliphatic rings. The monoisotopic (exact) mass is 316 g/mol. The zero-order chi connectivity index (χ0) is 16.6. The second kappa shape index (κ2) is 6.14. The maximum absolute atomic E-state index is 12.0. The summed E-state index contributed by atoms with van der Waals surface area (Å²) in [4.78, 5) is 26.0. The van der Waals surface area contributed by atoms with E-state index in [0.717, 1.165) is 29.3 Å². The molecule has 1 amide bonds. The Bertz CT molecular complexity index is 765. The summed E-state index contributed by atoms with van der Waals surface area (Å²) in [5.41, 5.74) is 3.08. The third-order valence-corrected chi connectivity index (χ3v) is 4.31. The zero-order valence-electron chi connectivity index (χ0n) is 12.9. The fraction of sp³-hybridized carbons (Fsp3) is 0.412. The molecule has 0 bridgehead atoms. The second-order valence-electron chi connectivity index (χ2n) is 6.01. The van der Waals surface area contributed by atoms with Crippen LogP contribution in [-0.4, -0.2) is 39.5 Å². The Morgan fingerprint density at radius 1 is 1.35 bits per heavy atom. The first-order valence-electron chi connectivity index (χ1n) is 7.75. The number of aryl methyl sites for hydroxylation is 1. The number of aliphatic hydroxyl groups is 2. The molecule has 0 saturated heterocycles. The number of aliphatic hydroxyl groups excluding tert-OH is 2. The summed E-state index contributed by atoms with van der Waals surface area (Å²) in [7, 11) is 0. The number of ketones is 1. The standard InChI is InChI=1S/C17H20N2O4/c1-9(20)18-8-15(22)17(23)10-5-6-13-12(7-10)11-3-2-4-14(21)16(11)19-13/h5-7,15,17,19,22-23H,2-4,8H2,1H3,(H,18,20). The van der Waals surface area contributed by atoms with Gasteiger partial charge >= 0.3 is 0 Å². The van der Waals surface area contributed by atoms with Crippen molar-refractivity contribution in [1.82, 2.24) is 10.3 Å². The molecule has 23 heavy (non-hydrogen) atoms. The molecule has 1 aliphatic carbocycles. The molecule has 0 saturated carbocycles. The van der Waals surface area contributed by atoms with Gasteiger partial charge in [-0.1, -0.05) is 6.07 Å². The first kappa shape index (κ1) is 15.7. The van der Waals surface area contributed by atoms with Crippen LogP contribution in [0.1, 0.15) is 47.5 Å². The molecule has 122 valence electrons. The molecule has 1 aromatic carbocycles. The van der Waals surface area contributed by atoms with Crippen molar-refractivity contribution in [3.8, 4) is 0 Å². The van der Waals surface area contributed by atoms with Crippen molar-refractivity contribution >= 4 is 22.6 Å². The second-order valence-corrected chi connectivity index (χ2v) is 6.01. The molecule has 0 aliphatic heterocycles. The fourth-order valence-electron chi connectivity index (χ4n) is 3.08. The molecule has 2 aromatic rings. The molecule has 1 heterocycles. The number of H-pyrrole nitrogens is 1. The van der Waals surface area contributed by atoms with Crippen molar-refractivity contribution in [2.24, 2.45) is 0 Å². The quantitative estimate of drug-likeness (QED) is 0.681. The van der Waals surface area contributed by atoms with Gasteiger partial charge < -0.3 is 20.5 Å². The molecular weight excluding hydrogens is 296 g/mol. The van der Waals surface area contributed by atoms with Crippen molar-refractivity contribution in [2.75, 3.05) is 6.54 Å². The molecule has 6 heteroatoms. The Kier molecular flexibility index (Phi) is 4.19. The molecule has 0 fully saturated rings. The van der Waals surface area contributed by atoms with E-state index < -0.39 is 12.2 Å². The van der Waals surface area contributed by atoms with Gasteiger partial charge in [-0.2, -0.15) is 0 Å². The average molecular weight is 316 g/mol. The van der Waals surface area contributed by atoms with E-state index in [0.29, 0.717) is 17.7 Å². The highest BCUT2D eigenvalue weighted by Crippen LogP contribution is 2.31. The molecular formula is C17H20N2O4. The van der Waals surface area contributed by atoms with Gasteiger partial charge in [0.1, 0.15) is 12.2 Å². The molecule has 0 spiro atoms. The van der Waals surface area contributed by atoms with Gasteiger partial charge in [0.05, 0.1) is 5.69 Å². The van der Waals surface area contributed by atoms with E-state index in [2.05, 4.69) is 10.3 Å². The highest BCUT2D eigenvalue weighted by atomic mass is 16.3. The number of aromatic amines is 1. The minimum atomic E-state index is -1.10. The van der Waals surface area contributed by atoms with Crippen LogP contribution in [0.2, 0.25) is 0 Å². The first-order chi connectivity index (χ1) is 11.0. The zero-order valence-corrected chi connectivity index (χ0v) is 12.9. The van der Waals surface area contributed by atoms with Crippen LogP contribution in [-0.2, 0) is 11.2 Å². The molecule has 1 aromatic heterocycles. The Balaban J connectivity index is 1.90. The number of aromatic nitrogens is 1. The Hall–Kier alpha value is -2.18. The number of Topliss-reactive ketones (excluding diaryl/α,β-unsaturated/α-hetero) is 1. The van der Waals surface area contributed by atoms with Gasteiger partial charge in [0.2, 0.25) is 5.91 Å². The average Bonchev–Trinajstić information content (AvgIpc) is 2.91. The van der Waals surface area contributed by atoms with Crippen LogP contribution in [0, 0.1) is 0 Å². The van der Waals surface area contributed by atoms with Crippen LogP contribution in [0.3, 0.4) is 0 Å². The van der Waals surface area contributed by atoms with Crippen LogP contribution < -0.4 is 5.32 Å². The highest BCUT2D eigenvalue weighted by Gasteiger charge is 2.24. The molecule has 2 unspecified atom stereocenters. The van der Waals surface area contributed by atoms with Gasteiger partial charge in [0.15, 0.2) is 5.78 Å². The highest BCUT2D eigenvalue weighted by molar-refractivity contribution is 6.03. The number of fused-ring (bicyclic) bond motifs is 3. The molecule has 3 rings (SSSR count). The number of hydrogen-bond donors (Lipinski definition) is 4. The van der Waals surface area contributed by atoms with E-state index in [1.165, 1.54) is 6.92 Å². The van der Waals surface area contributed by atoms with Crippen molar-refractivity contribution in [3.63, 3.8) is 0 Å². The van der Waals surface area contributed by atoms with E-state index in [-0.39, 0.29) is 18.2 Å². The van der Waals surface area contributed by atoms with E-state index in [4.69, 9.17) is 0 Å². The molecule has 6 nitrogen and oxygen atoms in total. The number of rotatable bonds is 4. The lowest BCUT2D eigenvalue weighted by Gasteiger charge is -2.18. The van der Waals surface area contributed by atoms with Crippen molar-refractivity contribution in [1.29, 1.82) is 0 Å². The Morgan fingerprint density at radius 2 is 2.13 bits per heavy atom. The van der Waals surface area contributed by atoms with E-state index in [9.17, 15) is 19.8 Å². The van der Waals surface area contributed by atoms with E-state index in [1.807, 2.05) is 12.1 Å². The normalized spacial score (nSPS) is 16.9. The third-order valence-electron chi connectivity index (χ3n) is 4.31. The molecule has 4 N–H and O–H groups in total. The minimum Gasteiger partial charge on any atom is -0.388 e. The number of amides is 1. The Morgan fingerprint density at radius 3 is 2.87 bits per heavy atom. The van der Waals surface area contributed by atoms with Crippen LogP contribution >= 0.6 is 0 Å². The lowest BCUT2D eigenvalue weighted by Crippen LogP contribution is -2.34. The number of hydrogen-bond acceptors (Lipinski definition) is 4. The van der Waals surface area contributed by atoms with Gasteiger partial charge in [0, 0.05) is 30.8 Å². The smallest absolute Gasteiger partial charge is 0.216 e. The maximum Gasteiger partial charge on any atom is 0.216 e. The number of nitrogens with one attached hydrogen (secondary N) is 2. The van der Waals surface area contributed by atoms with Gasteiger partial charge in [0.25, 0.3) is 0 Å². The number of benzene rings is 1. The van der Waals surface area contributed by atoms with Crippen LogP contribution in [0.5, 0.6) is 0 Å². The summed E-state index contributed by atoms with van der Waals surface area (Å²) in [5, 5.41) is 23.7. The largest absolute Gasteiger partial charge is 0.388 e. The molecule has 2 atom stereocenters. The predicted octanol–water partition coefficient (Wildman–Crippen LogP) is 1.22. The molecule has 0 radical (unpaired) electrons. The minimum absolute atomic E-state index is 0.0156. The van der Waals surface area contributed by atoms with Gasteiger partial charge in [-0.3, -0.25) is 9.59 Å². The predicted molar refractivity (Wildman–Crippen MR) is 85.2 cm³/mol. The van der Waals surface area contributed by atoms with Crippen LogP contribution in [0.25, 0.3) is 10.9 Å². The fourth-order valence-corrected chi connectivity index (χ4v) is 3.08. The maximum atomic E-state index is 12.0. The summed E-state index contributed by atoms with van der Waals surface area (Å²) in [5.74, 6) is -0.139. The summed E-state index contributed by atoms with van der Waals surface area (Å²) in [6.07, 6.45) is 0.0279. The number of carbonyl (C=O) groups is 2. The Labute approximate surface area is 133 Å². The van der Waals surface area contributed by atoms with E-state index in [1.54, 1.807) is 6.07 Å². The van der Waals surface area contributed by atoms with Crippen molar-refractivity contribution in [2.45, 2.75) is 38.4 Å². The summed E-state index contributed by atoms with van der Waals surface area (Å²) in [6.45, 7) is 1.34. The summed E-state index contributed by atoms with van der Waals surface area (Å²) >= 11 is 0. The van der Waals surface area contributed by atoms with Crippen LogP contribution in [0.15, 0.2) is 18.2 Å². The van der Waals surface area contributed by atoms with E-state index >= 15 is 0 Å². The summed E-state index contributed by atoms with van der Waals surface area (Å²) < 4.78 is 0. The third kappa shape index (κ3) is 3.00. The lowest BCUT2D eigenvalue weighted by molar-refractivity contribution is -0.119. The van der Waals surface area contributed by atoms with Gasteiger partial charge in [-0.15, -0.1) is 0 Å². The van der Waals surface area contributed by atoms with Crippen molar-refractivity contribution in [3.05, 3.63) is 35.0 Å².